The predicted molar refractivity (Wildman–Crippen MR) is 85.8 cm³/mol. The smallest absolute Gasteiger partial charge is 0.234 e. The number of rotatable bonds is 4. The third-order valence-electron chi connectivity index (χ3n) is 4.25. The molecule has 1 amide bonds. The Morgan fingerprint density at radius 2 is 1.95 bits per heavy atom. The van der Waals surface area contributed by atoms with E-state index in [1.807, 2.05) is 29.2 Å². The van der Waals surface area contributed by atoms with Crippen molar-refractivity contribution in [2.75, 3.05) is 31.1 Å². The highest BCUT2D eigenvalue weighted by Gasteiger charge is 2.40. The van der Waals surface area contributed by atoms with Crippen molar-refractivity contribution >= 4 is 27.3 Å². The number of carbonyl (C=O) groups excluding carboxylic acids is 1. The lowest BCUT2D eigenvalue weighted by Crippen LogP contribution is -2.45. The lowest BCUT2D eigenvalue weighted by atomic mass is 10.1. The maximum atomic E-state index is 12.0. The van der Waals surface area contributed by atoms with Crippen LogP contribution in [0.2, 0.25) is 5.02 Å². The number of sulfone groups is 1. The number of halogens is 1. The first-order valence-corrected chi connectivity index (χ1v) is 9.61. The van der Waals surface area contributed by atoms with Gasteiger partial charge in [-0.3, -0.25) is 9.69 Å². The number of hydrogen-bond donors (Lipinski definition) is 1. The maximum Gasteiger partial charge on any atom is 0.234 e. The standard InChI is InChI=1S/C15H19ClN2O3S/c16-13-4-2-1-3-11(13)12-9-14(12)17-15(19)10-18-5-7-22(20,21)8-6-18/h1-4,12,14H,5-10H2,(H,17,19). The fourth-order valence-electron chi connectivity index (χ4n) is 2.84. The zero-order chi connectivity index (χ0) is 15.7. The van der Waals surface area contributed by atoms with Crippen molar-refractivity contribution in [3.63, 3.8) is 0 Å². The minimum absolute atomic E-state index is 0.0427. The molecule has 0 aromatic heterocycles. The molecule has 1 aromatic rings. The van der Waals surface area contributed by atoms with Gasteiger partial charge in [-0.05, 0) is 18.1 Å². The molecule has 1 aliphatic carbocycles. The maximum absolute atomic E-state index is 12.0. The fraction of sp³-hybridized carbons (Fsp3) is 0.533. The minimum atomic E-state index is -2.90. The van der Waals surface area contributed by atoms with E-state index in [1.54, 1.807) is 0 Å². The summed E-state index contributed by atoms with van der Waals surface area (Å²) in [5.41, 5.74) is 1.08. The summed E-state index contributed by atoms with van der Waals surface area (Å²) in [5.74, 6) is 0.538. The second kappa shape index (κ2) is 6.18. The van der Waals surface area contributed by atoms with Crippen molar-refractivity contribution in [2.45, 2.75) is 18.4 Å². The highest BCUT2D eigenvalue weighted by molar-refractivity contribution is 7.91. The summed E-state index contributed by atoms with van der Waals surface area (Å²) in [4.78, 5) is 13.9. The van der Waals surface area contributed by atoms with Crippen LogP contribution in [0.5, 0.6) is 0 Å². The molecule has 1 N–H and O–H groups in total. The highest BCUT2D eigenvalue weighted by atomic mass is 35.5. The largest absolute Gasteiger partial charge is 0.352 e. The van der Waals surface area contributed by atoms with Crippen LogP contribution in [-0.4, -0.2) is 56.4 Å². The molecule has 1 saturated carbocycles. The number of amides is 1. The normalized spacial score (nSPS) is 27.3. The Hall–Kier alpha value is -1.11. The molecular formula is C15H19ClN2O3S. The fourth-order valence-corrected chi connectivity index (χ4v) is 4.39. The summed E-state index contributed by atoms with van der Waals surface area (Å²) in [5, 5.41) is 3.75. The van der Waals surface area contributed by atoms with E-state index in [2.05, 4.69) is 5.32 Å². The van der Waals surface area contributed by atoms with E-state index in [0.717, 1.165) is 17.0 Å². The Morgan fingerprint density at radius 1 is 1.27 bits per heavy atom. The first kappa shape index (κ1) is 15.8. The van der Waals surface area contributed by atoms with Crippen molar-refractivity contribution in [1.29, 1.82) is 0 Å². The van der Waals surface area contributed by atoms with Crippen molar-refractivity contribution in [3.05, 3.63) is 34.9 Å². The third-order valence-corrected chi connectivity index (χ3v) is 6.20. The first-order valence-electron chi connectivity index (χ1n) is 7.41. The zero-order valence-electron chi connectivity index (χ0n) is 12.2. The van der Waals surface area contributed by atoms with E-state index < -0.39 is 9.84 Å². The van der Waals surface area contributed by atoms with E-state index >= 15 is 0 Å². The van der Waals surface area contributed by atoms with Crippen LogP contribution in [0.1, 0.15) is 17.9 Å². The predicted octanol–water partition coefficient (Wildman–Crippen LogP) is 1.04. The van der Waals surface area contributed by atoms with Crippen LogP contribution in [0.3, 0.4) is 0 Å². The van der Waals surface area contributed by atoms with Gasteiger partial charge in [0.05, 0.1) is 18.1 Å². The molecule has 2 atom stereocenters. The van der Waals surface area contributed by atoms with Crippen LogP contribution in [0.15, 0.2) is 24.3 Å². The third kappa shape index (κ3) is 3.80. The summed E-state index contributed by atoms with van der Waals surface area (Å²) < 4.78 is 22.7. The van der Waals surface area contributed by atoms with Crippen LogP contribution in [0, 0.1) is 0 Å². The van der Waals surface area contributed by atoms with Gasteiger partial charge in [-0.15, -0.1) is 0 Å². The second-order valence-corrected chi connectivity index (χ2v) is 8.68. The van der Waals surface area contributed by atoms with E-state index in [0.29, 0.717) is 19.0 Å². The summed E-state index contributed by atoms with van der Waals surface area (Å²) in [6.45, 7) is 1.14. The lowest BCUT2D eigenvalue weighted by Gasteiger charge is -2.25. The van der Waals surface area contributed by atoms with E-state index in [-0.39, 0.29) is 30.0 Å². The van der Waals surface area contributed by atoms with Gasteiger partial charge in [-0.25, -0.2) is 8.42 Å². The van der Waals surface area contributed by atoms with E-state index in [9.17, 15) is 13.2 Å². The van der Waals surface area contributed by atoms with Gasteiger partial charge in [0.15, 0.2) is 9.84 Å². The Labute approximate surface area is 135 Å². The molecule has 2 aliphatic rings. The molecule has 0 bridgehead atoms. The molecule has 0 radical (unpaired) electrons. The average Bonchev–Trinajstić information content (AvgIpc) is 3.20. The molecule has 120 valence electrons. The highest BCUT2D eigenvalue weighted by Crippen LogP contribution is 2.43. The van der Waals surface area contributed by atoms with Gasteiger partial charge in [0, 0.05) is 30.1 Å². The molecule has 1 aromatic carbocycles. The molecule has 1 saturated heterocycles. The number of nitrogens with zero attached hydrogens (tertiary/aromatic N) is 1. The van der Waals surface area contributed by atoms with Crippen molar-refractivity contribution in [2.24, 2.45) is 0 Å². The monoisotopic (exact) mass is 342 g/mol. The Morgan fingerprint density at radius 3 is 2.64 bits per heavy atom. The van der Waals surface area contributed by atoms with Crippen LogP contribution in [0.25, 0.3) is 0 Å². The number of nitrogens with one attached hydrogen (secondary N) is 1. The second-order valence-electron chi connectivity index (χ2n) is 5.97. The van der Waals surface area contributed by atoms with E-state index in [4.69, 9.17) is 11.6 Å². The zero-order valence-corrected chi connectivity index (χ0v) is 13.7. The molecule has 1 heterocycles. The molecule has 3 rings (SSSR count). The summed E-state index contributed by atoms with van der Waals surface area (Å²) in [6.07, 6.45) is 0.907. The average molecular weight is 343 g/mol. The van der Waals surface area contributed by atoms with Crippen molar-refractivity contribution < 1.29 is 13.2 Å². The van der Waals surface area contributed by atoms with Crippen LogP contribution < -0.4 is 5.32 Å². The number of hydrogen-bond acceptors (Lipinski definition) is 4. The summed E-state index contributed by atoms with van der Waals surface area (Å²) >= 11 is 6.17. The SMILES string of the molecule is O=C(CN1CCS(=O)(=O)CC1)NC1CC1c1ccccc1Cl. The Balaban J connectivity index is 1.47. The van der Waals surface area contributed by atoms with Gasteiger partial charge < -0.3 is 5.32 Å². The summed E-state index contributed by atoms with van der Waals surface area (Å²) in [6, 6.07) is 7.84. The van der Waals surface area contributed by atoms with Crippen LogP contribution >= 0.6 is 11.6 Å². The van der Waals surface area contributed by atoms with Crippen molar-refractivity contribution in [1.82, 2.24) is 10.2 Å². The lowest BCUT2D eigenvalue weighted by molar-refractivity contribution is -0.122. The van der Waals surface area contributed by atoms with Crippen molar-refractivity contribution in [3.8, 4) is 0 Å². The Bertz CT molecular complexity index is 663. The van der Waals surface area contributed by atoms with E-state index in [1.165, 1.54) is 0 Å². The molecule has 1 aliphatic heterocycles. The first-order chi connectivity index (χ1) is 10.4. The summed E-state index contributed by atoms with van der Waals surface area (Å²) in [7, 11) is -2.90. The van der Waals surface area contributed by atoms with Gasteiger partial charge >= 0.3 is 0 Å². The van der Waals surface area contributed by atoms with Gasteiger partial charge in [-0.2, -0.15) is 0 Å². The minimum Gasteiger partial charge on any atom is -0.352 e. The topological polar surface area (TPSA) is 66.5 Å². The number of carbonyl (C=O) groups is 1. The van der Waals surface area contributed by atoms with Gasteiger partial charge in [0.25, 0.3) is 0 Å². The molecule has 5 nitrogen and oxygen atoms in total. The Kier molecular flexibility index (Phi) is 4.43. The number of benzene rings is 1. The quantitative estimate of drug-likeness (QED) is 0.888. The van der Waals surface area contributed by atoms with Gasteiger partial charge in [0.1, 0.15) is 0 Å². The van der Waals surface area contributed by atoms with Gasteiger partial charge in [0.2, 0.25) is 5.91 Å². The molecule has 2 unspecified atom stereocenters. The van der Waals surface area contributed by atoms with Gasteiger partial charge in [-0.1, -0.05) is 29.8 Å². The van der Waals surface area contributed by atoms with Crippen LogP contribution in [0.4, 0.5) is 0 Å². The molecule has 22 heavy (non-hydrogen) atoms. The molecule has 7 heteroatoms. The van der Waals surface area contributed by atoms with Crippen LogP contribution in [-0.2, 0) is 14.6 Å². The molecular weight excluding hydrogens is 324 g/mol. The molecule has 2 fully saturated rings. The molecule has 0 spiro atoms.